The molecule has 0 aliphatic carbocycles. The Balaban J connectivity index is 1.85. The molecule has 1 aromatic heterocycles. The zero-order valence-corrected chi connectivity index (χ0v) is 17.0. The van der Waals surface area contributed by atoms with E-state index in [-0.39, 0.29) is 11.9 Å². The summed E-state index contributed by atoms with van der Waals surface area (Å²) in [6, 6.07) is 5.57. The number of halogens is 1. The van der Waals surface area contributed by atoms with Gasteiger partial charge in [0.1, 0.15) is 5.82 Å². The maximum atomic E-state index is 13.6. The molecule has 1 aliphatic rings. The molecule has 9 nitrogen and oxygen atoms in total. The van der Waals surface area contributed by atoms with Crippen molar-refractivity contribution in [3.63, 3.8) is 0 Å². The lowest BCUT2D eigenvalue weighted by Crippen LogP contribution is -2.35. The summed E-state index contributed by atoms with van der Waals surface area (Å²) in [5.41, 5.74) is 0.572. The van der Waals surface area contributed by atoms with Crippen LogP contribution in [-0.2, 0) is 11.2 Å². The van der Waals surface area contributed by atoms with Crippen molar-refractivity contribution in [3.8, 4) is 0 Å². The summed E-state index contributed by atoms with van der Waals surface area (Å²) in [6.45, 7) is 4.99. The SMILES string of the molecule is CCCCc1cc(N2CC[C@H](NC(C)=O)C2)nc(Nc2ccc(F)c([N+](=O)[O-])c2)n1. The minimum absolute atomic E-state index is 0.0616. The molecule has 160 valence electrons. The fourth-order valence-corrected chi connectivity index (χ4v) is 3.42. The minimum atomic E-state index is -0.898. The first-order valence-corrected chi connectivity index (χ1v) is 9.96. The van der Waals surface area contributed by atoms with Crippen molar-refractivity contribution in [1.29, 1.82) is 0 Å². The van der Waals surface area contributed by atoms with Gasteiger partial charge in [0, 0.05) is 49.6 Å². The Hall–Kier alpha value is -3.30. The summed E-state index contributed by atoms with van der Waals surface area (Å²) in [5.74, 6) is 0.0592. The smallest absolute Gasteiger partial charge is 0.306 e. The number of nitrogens with one attached hydrogen (secondary N) is 2. The molecule has 2 heterocycles. The van der Waals surface area contributed by atoms with E-state index in [0.29, 0.717) is 18.2 Å². The topological polar surface area (TPSA) is 113 Å². The van der Waals surface area contributed by atoms with E-state index in [4.69, 9.17) is 0 Å². The predicted molar refractivity (Wildman–Crippen MR) is 111 cm³/mol. The number of unbranched alkanes of at least 4 members (excludes halogenated alkanes) is 1. The van der Waals surface area contributed by atoms with E-state index < -0.39 is 16.4 Å². The van der Waals surface area contributed by atoms with Crippen LogP contribution in [0.5, 0.6) is 0 Å². The number of carbonyl (C=O) groups excluding carboxylic acids is 1. The van der Waals surface area contributed by atoms with Gasteiger partial charge in [0.05, 0.1) is 4.92 Å². The van der Waals surface area contributed by atoms with Crippen LogP contribution in [0.25, 0.3) is 0 Å². The van der Waals surface area contributed by atoms with Gasteiger partial charge in [0.2, 0.25) is 17.7 Å². The standard InChI is InChI=1S/C20H25FN6O3/c1-3-4-5-14-11-19(26-9-8-16(12-26)22-13(2)28)25-20(23-14)24-15-6-7-17(21)18(10-15)27(29)30/h6-7,10-11,16H,3-5,8-9,12H2,1-2H3,(H,22,28)(H,23,24,25)/t16-/m0/s1. The summed E-state index contributed by atoms with van der Waals surface area (Å²) in [7, 11) is 0. The molecule has 2 N–H and O–H groups in total. The van der Waals surface area contributed by atoms with E-state index in [1.807, 2.05) is 6.07 Å². The van der Waals surface area contributed by atoms with Gasteiger partial charge in [0.25, 0.3) is 0 Å². The van der Waals surface area contributed by atoms with E-state index in [1.54, 1.807) is 0 Å². The van der Waals surface area contributed by atoms with Crippen molar-refractivity contribution in [2.24, 2.45) is 0 Å². The van der Waals surface area contributed by atoms with E-state index in [0.717, 1.165) is 55.9 Å². The Bertz CT molecular complexity index is 939. The zero-order valence-electron chi connectivity index (χ0n) is 17.0. The lowest BCUT2D eigenvalue weighted by Gasteiger charge is -2.19. The van der Waals surface area contributed by atoms with Gasteiger partial charge in [-0.1, -0.05) is 13.3 Å². The van der Waals surface area contributed by atoms with Crippen LogP contribution in [0.4, 0.5) is 27.5 Å². The van der Waals surface area contributed by atoms with Gasteiger partial charge >= 0.3 is 5.69 Å². The quantitative estimate of drug-likeness (QED) is 0.501. The minimum Gasteiger partial charge on any atom is -0.354 e. The number of rotatable bonds is 8. The van der Waals surface area contributed by atoms with E-state index in [2.05, 4.69) is 32.4 Å². The molecule has 1 aliphatic heterocycles. The third-order valence-electron chi connectivity index (χ3n) is 4.87. The molecule has 1 amide bonds. The third kappa shape index (κ3) is 5.40. The molecule has 0 bridgehead atoms. The van der Waals surface area contributed by atoms with E-state index >= 15 is 0 Å². The molecule has 10 heteroatoms. The highest BCUT2D eigenvalue weighted by atomic mass is 19.1. The third-order valence-corrected chi connectivity index (χ3v) is 4.87. The van der Waals surface area contributed by atoms with Crippen molar-refractivity contribution in [1.82, 2.24) is 15.3 Å². The van der Waals surface area contributed by atoms with Gasteiger partial charge in [-0.25, -0.2) is 4.98 Å². The number of nitrogens with zero attached hydrogens (tertiary/aromatic N) is 4. The van der Waals surface area contributed by atoms with Crippen molar-refractivity contribution in [2.45, 2.75) is 45.6 Å². The molecule has 30 heavy (non-hydrogen) atoms. The van der Waals surface area contributed by atoms with Gasteiger partial charge in [0.15, 0.2) is 0 Å². The summed E-state index contributed by atoms with van der Waals surface area (Å²) < 4.78 is 13.6. The second-order valence-electron chi connectivity index (χ2n) is 7.33. The van der Waals surface area contributed by atoms with E-state index in [1.165, 1.54) is 13.0 Å². The highest BCUT2D eigenvalue weighted by Gasteiger charge is 2.25. The van der Waals surface area contributed by atoms with Crippen LogP contribution in [0.15, 0.2) is 24.3 Å². The Morgan fingerprint density at radius 1 is 1.37 bits per heavy atom. The number of amides is 1. The van der Waals surface area contributed by atoms with Crippen molar-refractivity contribution >= 4 is 29.0 Å². The monoisotopic (exact) mass is 416 g/mol. The molecule has 1 aromatic carbocycles. The number of benzene rings is 1. The van der Waals surface area contributed by atoms with Crippen molar-refractivity contribution in [2.75, 3.05) is 23.3 Å². The molecule has 2 aromatic rings. The Morgan fingerprint density at radius 2 is 2.17 bits per heavy atom. The van der Waals surface area contributed by atoms with Crippen LogP contribution >= 0.6 is 0 Å². The normalized spacial score (nSPS) is 15.8. The van der Waals surface area contributed by atoms with Crippen LogP contribution in [-0.4, -0.2) is 39.9 Å². The first-order chi connectivity index (χ1) is 14.4. The maximum Gasteiger partial charge on any atom is 0.306 e. The molecular formula is C20H25FN6O3. The Kier molecular flexibility index (Phi) is 6.76. The number of aromatic nitrogens is 2. The molecule has 1 fully saturated rings. The average Bonchev–Trinajstić information content (AvgIpc) is 3.15. The Labute approximate surface area is 173 Å². The molecule has 3 rings (SSSR count). The van der Waals surface area contributed by atoms with Crippen LogP contribution in [0, 0.1) is 15.9 Å². The van der Waals surface area contributed by atoms with Gasteiger partial charge in [-0.2, -0.15) is 9.37 Å². The number of aryl methyl sites for hydroxylation is 1. The molecular weight excluding hydrogens is 391 g/mol. The number of anilines is 3. The zero-order chi connectivity index (χ0) is 21.7. The summed E-state index contributed by atoms with van der Waals surface area (Å²) in [6.07, 6.45) is 3.57. The number of nitro groups is 1. The first kappa shape index (κ1) is 21.4. The van der Waals surface area contributed by atoms with Gasteiger partial charge in [-0.3, -0.25) is 14.9 Å². The molecule has 0 spiro atoms. The molecule has 1 atom stereocenters. The van der Waals surface area contributed by atoms with Crippen LogP contribution in [0.1, 0.15) is 38.8 Å². The summed E-state index contributed by atoms with van der Waals surface area (Å²) in [5, 5.41) is 16.9. The van der Waals surface area contributed by atoms with Crippen LogP contribution in [0.3, 0.4) is 0 Å². The average molecular weight is 416 g/mol. The molecule has 0 saturated carbocycles. The van der Waals surface area contributed by atoms with Gasteiger partial charge < -0.3 is 15.5 Å². The summed E-state index contributed by atoms with van der Waals surface area (Å²) >= 11 is 0. The molecule has 0 unspecified atom stereocenters. The predicted octanol–water partition coefficient (Wildman–Crippen LogP) is 3.32. The van der Waals surface area contributed by atoms with Gasteiger partial charge in [-0.15, -0.1) is 0 Å². The molecule has 0 radical (unpaired) electrons. The maximum absolute atomic E-state index is 13.6. The van der Waals surface area contributed by atoms with Crippen molar-refractivity contribution in [3.05, 3.63) is 45.9 Å². The second kappa shape index (κ2) is 9.47. The fourth-order valence-electron chi connectivity index (χ4n) is 3.42. The Morgan fingerprint density at radius 3 is 2.87 bits per heavy atom. The van der Waals surface area contributed by atoms with Gasteiger partial charge in [-0.05, 0) is 31.4 Å². The lowest BCUT2D eigenvalue weighted by atomic mass is 10.2. The van der Waals surface area contributed by atoms with Crippen LogP contribution < -0.4 is 15.5 Å². The lowest BCUT2D eigenvalue weighted by molar-refractivity contribution is -0.387. The second-order valence-corrected chi connectivity index (χ2v) is 7.33. The van der Waals surface area contributed by atoms with Crippen LogP contribution in [0.2, 0.25) is 0 Å². The highest BCUT2D eigenvalue weighted by Crippen LogP contribution is 2.26. The summed E-state index contributed by atoms with van der Waals surface area (Å²) in [4.78, 5) is 32.7. The van der Waals surface area contributed by atoms with E-state index in [9.17, 15) is 19.3 Å². The number of hydrogen-bond donors (Lipinski definition) is 2. The number of hydrogen-bond acceptors (Lipinski definition) is 7. The number of carbonyl (C=O) groups is 1. The van der Waals surface area contributed by atoms with Crippen molar-refractivity contribution < 1.29 is 14.1 Å². The first-order valence-electron chi connectivity index (χ1n) is 9.96. The largest absolute Gasteiger partial charge is 0.354 e. The highest BCUT2D eigenvalue weighted by molar-refractivity contribution is 5.73. The number of nitro benzene ring substituents is 1. The fraction of sp³-hybridized carbons (Fsp3) is 0.450. The molecule has 1 saturated heterocycles.